The number of ether oxygens (including phenoxy) is 2. The fraction of sp³-hybridized carbons (Fsp3) is 0.294. The molecule has 0 bridgehead atoms. The Bertz CT molecular complexity index is 1140. The van der Waals surface area contributed by atoms with E-state index in [1.54, 1.807) is 18.2 Å². The van der Waals surface area contributed by atoms with E-state index < -0.39 is 22.4 Å². The van der Waals surface area contributed by atoms with Crippen LogP contribution in [0.2, 0.25) is 5.02 Å². The number of aromatic nitrogens is 3. The average molecular weight is 447 g/mol. The van der Waals surface area contributed by atoms with E-state index in [1.807, 2.05) is 0 Å². The molecule has 0 aliphatic heterocycles. The lowest BCUT2D eigenvalue weighted by Crippen LogP contribution is -2.19. The number of halogens is 3. The second-order valence-electron chi connectivity index (χ2n) is 6.24. The number of nitrogens with one attached hydrogen (secondary N) is 2. The van der Waals surface area contributed by atoms with Gasteiger partial charge in [-0.15, -0.1) is 0 Å². The zero-order valence-corrected chi connectivity index (χ0v) is 17.2. The topological polar surface area (TPSA) is 106 Å². The summed E-state index contributed by atoms with van der Waals surface area (Å²) >= 11 is 5.91. The van der Waals surface area contributed by atoms with Crippen LogP contribution >= 0.6 is 11.6 Å². The van der Waals surface area contributed by atoms with Crippen molar-refractivity contribution in [2.75, 3.05) is 18.9 Å². The summed E-state index contributed by atoms with van der Waals surface area (Å²) in [5.74, 6) is -3.90. The van der Waals surface area contributed by atoms with Gasteiger partial charge >= 0.3 is 0 Å². The maximum atomic E-state index is 13.5. The number of benzene rings is 1. The average Bonchev–Trinajstić information content (AvgIpc) is 3.05. The third-order valence-corrected chi connectivity index (χ3v) is 5.53. The van der Waals surface area contributed by atoms with E-state index in [1.165, 1.54) is 20.4 Å². The Hall–Kier alpha value is -2.66. The number of fused-ring (bicyclic) bond motifs is 1. The summed E-state index contributed by atoms with van der Waals surface area (Å²) in [6.07, 6.45) is 0.555. The zero-order valence-electron chi connectivity index (χ0n) is 15.6. The van der Waals surface area contributed by atoms with Crippen molar-refractivity contribution >= 4 is 38.5 Å². The normalized spacial score (nSPS) is 12.2. The molecule has 8 nitrogen and oxygen atoms in total. The van der Waals surface area contributed by atoms with Crippen LogP contribution in [0.15, 0.2) is 29.3 Å². The highest BCUT2D eigenvalue weighted by Crippen LogP contribution is 2.33. The van der Waals surface area contributed by atoms with Gasteiger partial charge in [0.2, 0.25) is 23.6 Å². The van der Waals surface area contributed by atoms with Crippen molar-refractivity contribution in [2.24, 2.45) is 0 Å². The van der Waals surface area contributed by atoms with Gasteiger partial charge in [0, 0.05) is 28.5 Å². The fourth-order valence-electron chi connectivity index (χ4n) is 2.76. The van der Waals surface area contributed by atoms with E-state index in [0.717, 1.165) is 6.92 Å². The number of methoxy groups -OCH3 is 2. The van der Waals surface area contributed by atoms with Crippen LogP contribution < -0.4 is 14.2 Å². The predicted molar refractivity (Wildman–Crippen MR) is 104 cm³/mol. The molecular formula is C17H17ClF2N4O4S. The van der Waals surface area contributed by atoms with Gasteiger partial charge < -0.3 is 14.5 Å². The van der Waals surface area contributed by atoms with Crippen LogP contribution in [0.25, 0.3) is 10.9 Å². The van der Waals surface area contributed by atoms with E-state index in [9.17, 15) is 17.2 Å². The number of H-pyrrole nitrogens is 1. The molecule has 0 unspecified atom stereocenters. The Kier molecular flexibility index (Phi) is 5.54. The maximum Gasteiger partial charge on any atom is 0.266 e. The van der Waals surface area contributed by atoms with Gasteiger partial charge in [-0.05, 0) is 25.1 Å². The van der Waals surface area contributed by atoms with Crippen molar-refractivity contribution in [1.29, 1.82) is 0 Å². The summed E-state index contributed by atoms with van der Waals surface area (Å²) in [5, 5.41) is 0.848. The highest BCUT2D eigenvalue weighted by molar-refractivity contribution is 7.93. The molecule has 0 saturated heterocycles. The van der Waals surface area contributed by atoms with Crippen LogP contribution in [0, 0.1) is 0 Å². The van der Waals surface area contributed by atoms with Crippen molar-refractivity contribution in [3.05, 3.63) is 35.0 Å². The Morgan fingerprint density at radius 2 is 1.83 bits per heavy atom. The van der Waals surface area contributed by atoms with Gasteiger partial charge in [0.05, 0.1) is 19.8 Å². The van der Waals surface area contributed by atoms with Gasteiger partial charge in [-0.2, -0.15) is 9.97 Å². The molecule has 2 aromatic heterocycles. The number of sulfonamides is 1. The highest BCUT2D eigenvalue weighted by Gasteiger charge is 2.29. The molecule has 2 heterocycles. The molecular weight excluding hydrogens is 430 g/mol. The van der Waals surface area contributed by atoms with Gasteiger partial charge in [0.15, 0.2) is 0 Å². The molecule has 3 aromatic rings. The Balaban J connectivity index is 2.02. The smallest absolute Gasteiger partial charge is 0.266 e. The predicted octanol–water partition coefficient (Wildman–Crippen LogP) is 3.63. The summed E-state index contributed by atoms with van der Waals surface area (Å²) in [5.41, 5.74) is 0.446. The SMILES string of the molecule is COc1nc(NS(=O)(=O)c2c[nH]c3cc(Cl)ccc23)nc(OC)c1CC(C)(F)F. The highest BCUT2D eigenvalue weighted by atomic mass is 35.5. The van der Waals surface area contributed by atoms with Gasteiger partial charge in [0.25, 0.3) is 10.0 Å². The summed E-state index contributed by atoms with van der Waals surface area (Å²) in [6, 6.07) is 4.69. The minimum atomic E-state index is -4.12. The summed E-state index contributed by atoms with van der Waals surface area (Å²) < 4.78 is 64.9. The minimum absolute atomic E-state index is 0.0603. The molecule has 0 aliphatic rings. The Labute approximate surface area is 170 Å². The molecule has 12 heteroatoms. The summed E-state index contributed by atoms with van der Waals surface area (Å²) in [6.45, 7) is 0.728. The van der Waals surface area contributed by atoms with Crippen molar-refractivity contribution < 1.29 is 26.7 Å². The molecule has 2 N–H and O–H groups in total. The first-order valence-corrected chi connectivity index (χ1v) is 10.1. The third-order valence-electron chi connectivity index (χ3n) is 3.93. The second-order valence-corrected chi connectivity index (χ2v) is 8.33. The Morgan fingerprint density at radius 1 is 1.21 bits per heavy atom. The third kappa shape index (κ3) is 4.51. The van der Waals surface area contributed by atoms with E-state index in [4.69, 9.17) is 21.1 Å². The molecule has 29 heavy (non-hydrogen) atoms. The molecule has 1 aromatic carbocycles. The number of alkyl halides is 2. The summed E-state index contributed by atoms with van der Waals surface area (Å²) in [4.78, 5) is 10.6. The lowest BCUT2D eigenvalue weighted by atomic mass is 10.1. The number of anilines is 1. The van der Waals surface area contributed by atoms with Gasteiger partial charge in [0.1, 0.15) is 4.90 Å². The van der Waals surface area contributed by atoms with Crippen molar-refractivity contribution in [3.63, 3.8) is 0 Å². The van der Waals surface area contributed by atoms with Crippen LogP contribution in [-0.2, 0) is 16.4 Å². The van der Waals surface area contributed by atoms with E-state index in [2.05, 4.69) is 19.7 Å². The van der Waals surface area contributed by atoms with Crippen LogP contribution in [0.3, 0.4) is 0 Å². The molecule has 0 amide bonds. The number of aromatic amines is 1. The number of rotatable bonds is 7. The van der Waals surface area contributed by atoms with Crippen LogP contribution in [0.1, 0.15) is 12.5 Å². The maximum absolute atomic E-state index is 13.5. The molecule has 0 aliphatic carbocycles. The number of hydrogen-bond acceptors (Lipinski definition) is 6. The van der Waals surface area contributed by atoms with Crippen LogP contribution in [0.4, 0.5) is 14.7 Å². The van der Waals surface area contributed by atoms with E-state index in [-0.39, 0.29) is 28.2 Å². The Morgan fingerprint density at radius 3 is 2.38 bits per heavy atom. The van der Waals surface area contributed by atoms with Gasteiger partial charge in [-0.1, -0.05) is 11.6 Å². The molecule has 3 rings (SSSR count). The van der Waals surface area contributed by atoms with Gasteiger partial charge in [-0.25, -0.2) is 21.9 Å². The van der Waals surface area contributed by atoms with Crippen LogP contribution in [0.5, 0.6) is 11.8 Å². The number of hydrogen-bond donors (Lipinski definition) is 2. The second kappa shape index (κ2) is 7.64. The van der Waals surface area contributed by atoms with Crippen LogP contribution in [-0.4, -0.2) is 43.5 Å². The summed E-state index contributed by atoms with van der Waals surface area (Å²) in [7, 11) is -1.67. The van der Waals surface area contributed by atoms with Crippen molar-refractivity contribution in [1.82, 2.24) is 15.0 Å². The molecule has 156 valence electrons. The number of nitrogens with zero attached hydrogens (tertiary/aromatic N) is 2. The largest absolute Gasteiger partial charge is 0.481 e. The first kappa shape index (κ1) is 21.1. The standard InChI is InChI=1S/C17H17ClF2N4O4S/c1-17(19,20)7-11-14(27-2)22-16(23-15(11)28-3)24-29(25,26)13-8-21-12-6-9(18)4-5-10(12)13/h4-6,8,21H,7H2,1-3H3,(H,22,23,24). The van der Waals surface area contributed by atoms with Gasteiger partial charge in [-0.3, -0.25) is 0 Å². The monoisotopic (exact) mass is 446 g/mol. The first-order chi connectivity index (χ1) is 13.5. The van der Waals surface area contributed by atoms with E-state index in [0.29, 0.717) is 15.9 Å². The zero-order chi connectivity index (χ0) is 21.4. The molecule has 0 radical (unpaired) electrons. The van der Waals surface area contributed by atoms with Crippen molar-refractivity contribution in [2.45, 2.75) is 24.2 Å². The lowest BCUT2D eigenvalue weighted by Gasteiger charge is -2.16. The quantitative estimate of drug-likeness (QED) is 0.574. The molecule has 0 atom stereocenters. The lowest BCUT2D eigenvalue weighted by molar-refractivity contribution is 0.0211. The van der Waals surface area contributed by atoms with Crippen molar-refractivity contribution in [3.8, 4) is 11.8 Å². The fourth-order valence-corrected chi connectivity index (χ4v) is 4.05. The molecule has 0 fully saturated rings. The van der Waals surface area contributed by atoms with E-state index >= 15 is 0 Å². The minimum Gasteiger partial charge on any atom is -0.481 e. The molecule has 0 spiro atoms. The first-order valence-electron chi connectivity index (χ1n) is 8.20. The molecule has 0 saturated carbocycles.